The molecule has 0 amide bonds. The number of halogens is 2. The van der Waals surface area contributed by atoms with Crippen molar-refractivity contribution in [1.29, 1.82) is 0 Å². The van der Waals surface area contributed by atoms with Crippen molar-refractivity contribution in [2.24, 2.45) is 0 Å². The zero-order chi connectivity index (χ0) is 17.9. The van der Waals surface area contributed by atoms with Crippen LogP contribution in [0, 0.1) is 0 Å². The summed E-state index contributed by atoms with van der Waals surface area (Å²) >= 11 is 12.1. The van der Waals surface area contributed by atoms with Gasteiger partial charge in [-0.05, 0) is 44.1 Å². The van der Waals surface area contributed by atoms with Gasteiger partial charge in [-0.15, -0.1) is 0 Å². The summed E-state index contributed by atoms with van der Waals surface area (Å²) in [5, 5.41) is 10.9. The molecule has 0 saturated carbocycles. The van der Waals surface area contributed by atoms with E-state index in [2.05, 4.69) is 35.9 Å². The van der Waals surface area contributed by atoms with Crippen LogP contribution in [-0.4, -0.2) is 39.1 Å². The zero-order valence-corrected chi connectivity index (χ0v) is 15.3. The van der Waals surface area contributed by atoms with Crippen LogP contribution >= 0.6 is 23.2 Å². The molecule has 0 aliphatic carbocycles. The number of fused-ring (bicyclic) bond motifs is 1. The minimum absolute atomic E-state index is 0.366. The highest BCUT2D eigenvalue weighted by atomic mass is 35.5. The van der Waals surface area contributed by atoms with Crippen molar-refractivity contribution in [2.75, 3.05) is 23.7 Å². The Hall–Kier alpha value is -2.22. The molecular formula is C17H17Cl2N7. The molecular weight excluding hydrogens is 373 g/mol. The van der Waals surface area contributed by atoms with Crippen molar-refractivity contribution in [3.05, 3.63) is 40.8 Å². The standard InChI is InChI=1S/C17H17Cl2N7/c18-12-2-1-11(7-13(12)19)24-16-15-14(22-9-23-16)8-21-17(26-15)25-10-3-5-20-6-4-10/h1-2,7-10,20H,3-6H2,(H,21,25,26)(H,22,23,24). The summed E-state index contributed by atoms with van der Waals surface area (Å²) in [4.78, 5) is 17.5. The third-order valence-corrected chi connectivity index (χ3v) is 4.97. The van der Waals surface area contributed by atoms with Gasteiger partial charge in [0.05, 0.1) is 16.2 Å². The summed E-state index contributed by atoms with van der Waals surface area (Å²) in [5.74, 6) is 1.17. The van der Waals surface area contributed by atoms with Crippen LogP contribution in [0.25, 0.3) is 11.0 Å². The van der Waals surface area contributed by atoms with Gasteiger partial charge in [0.15, 0.2) is 5.82 Å². The first-order valence-electron chi connectivity index (χ1n) is 8.36. The van der Waals surface area contributed by atoms with E-state index in [1.54, 1.807) is 18.3 Å². The number of aromatic nitrogens is 4. The lowest BCUT2D eigenvalue weighted by Gasteiger charge is -2.23. The molecule has 7 nitrogen and oxygen atoms in total. The highest BCUT2D eigenvalue weighted by molar-refractivity contribution is 6.42. The number of anilines is 3. The summed E-state index contributed by atoms with van der Waals surface area (Å²) in [6.07, 6.45) is 5.26. The second-order valence-electron chi connectivity index (χ2n) is 6.07. The van der Waals surface area contributed by atoms with Gasteiger partial charge in [0.25, 0.3) is 0 Å². The first-order valence-corrected chi connectivity index (χ1v) is 9.12. The minimum Gasteiger partial charge on any atom is -0.351 e. The van der Waals surface area contributed by atoms with Crippen molar-refractivity contribution < 1.29 is 0 Å². The van der Waals surface area contributed by atoms with Gasteiger partial charge >= 0.3 is 0 Å². The molecule has 0 spiro atoms. The fourth-order valence-electron chi connectivity index (χ4n) is 2.87. The number of piperidine rings is 1. The summed E-state index contributed by atoms with van der Waals surface area (Å²) in [7, 11) is 0. The van der Waals surface area contributed by atoms with Gasteiger partial charge in [-0.3, -0.25) is 0 Å². The van der Waals surface area contributed by atoms with Crippen molar-refractivity contribution in [1.82, 2.24) is 25.3 Å². The topological polar surface area (TPSA) is 87.7 Å². The van der Waals surface area contributed by atoms with Crippen LogP contribution in [0.4, 0.5) is 17.5 Å². The van der Waals surface area contributed by atoms with E-state index in [4.69, 9.17) is 23.2 Å². The molecule has 1 fully saturated rings. The second-order valence-corrected chi connectivity index (χ2v) is 6.89. The van der Waals surface area contributed by atoms with Crippen LogP contribution in [0.15, 0.2) is 30.7 Å². The molecule has 4 rings (SSSR count). The molecule has 1 saturated heterocycles. The fourth-order valence-corrected chi connectivity index (χ4v) is 3.17. The summed E-state index contributed by atoms with van der Waals surface area (Å²) in [5.41, 5.74) is 2.08. The molecule has 3 aromatic rings. The number of benzene rings is 1. The molecule has 9 heteroatoms. The van der Waals surface area contributed by atoms with Crippen LogP contribution in [0.2, 0.25) is 10.0 Å². The quantitative estimate of drug-likeness (QED) is 0.627. The molecule has 3 heterocycles. The van der Waals surface area contributed by atoms with E-state index in [-0.39, 0.29) is 0 Å². The van der Waals surface area contributed by atoms with Crippen LogP contribution in [0.1, 0.15) is 12.8 Å². The van der Waals surface area contributed by atoms with E-state index in [1.165, 1.54) is 6.33 Å². The molecule has 3 N–H and O–H groups in total. The molecule has 1 aliphatic rings. The molecule has 134 valence electrons. The van der Waals surface area contributed by atoms with Crippen molar-refractivity contribution in [3.63, 3.8) is 0 Å². The van der Waals surface area contributed by atoms with Gasteiger partial charge in [0, 0.05) is 11.7 Å². The minimum atomic E-state index is 0.366. The lowest BCUT2D eigenvalue weighted by atomic mass is 10.1. The van der Waals surface area contributed by atoms with Crippen LogP contribution in [-0.2, 0) is 0 Å². The number of nitrogens with zero attached hydrogens (tertiary/aromatic N) is 4. The molecule has 1 aromatic carbocycles. The summed E-state index contributed by atoms with van der Waals surface area (Å²) in [6.45, 7) is 2.00. The van der Waals surface area contributed by atoms with Gasteiger partial charge in [-0.2, -0.15) is 0 Å². The predicted molar refractivity (Wildman–Crippen MR) is 104 cm³/mol. The molecule has 1 aliphatic heterocycles. The lowest BCUT2D eigenvalue weighted by molar-refractivity contribution is 0.477. The maximum absolute atomic E-state index is 6.09. The highest BCUT2D eigenvalue weighted by Gasteiger charge is 2.15. The van der Waals surface area contributed by atoms with Crippen molar-refractivity contribution in [2.45, 2.75) is 18.9 Å². The van der Waals surface area contributed by atoms with Gasteiger partial charge in [0.2, 0.25) is 5.95 Å². The predicted octanol–water partition coefficient (Wildman–Crippen LogP) is 3.63. The van der Waals surface area contributed by atoms with Crippen LogP contribution < -0.4 is 16.0 Å². The smallest absolute Gasteiger partial charge is 0.223 e. The average Bonchev–Trinajstić information content (AvgIpc) is 2.66. The lowest BCUT2D eigenvalue weighted by Crippen LogP contribution is -2.35. The van der Waals surface area contributed by atoms with E-state index in [0.717, 1.165) is 31.6 Å². The Morgan fingerprint density at radius 1 is 1.04 bits per heavy atom. The molecule has 2 aromatic heterocycles. The van der Waals surface area contributed by atoms with E-state index < -0.39 is 0 Å². The summed E-state index contributed by atoms with van der Waals surface area (Å²) in [6, 6.07) is 5.67. The maximum atomic E-state index is 6.09. The average molecular weight is 390 g/mol. The Kier molecular flexibility index (Phi) is 5.01. The van der Waals surface area contributed by atoms with Crippen molar-refractivity contribution in [3.8, 4) is 0 Å². The zero-order valence-electron chi connectivity index (χ0n) is 13.8. The maximum Gasteiger partial charge on any atom is 0.223 e. The first-order chi connectivity index (χ1) is 12.7. The van der Waals surface area contributed by atoms with Gasteiger partial charge in [-0.25, -0.2) is 19.9 Å². The molecule has 0 radical (unpaired) electrons. The van der Waals surface area contributed by atoms with E-state index in [0.29, 0.717) is 38.9 Å². The van der Waals surface area contributed by atoms with Crippen LogP contribution in [0.5, 0.6) is 0 Å². The normalized spacial score (nSPS) is 15.2. The Bertz CT molecular complexity index is 928. The fraction of sp³-hybridized carbons (Fsp3) is 0.294. The van der Waals surface area contributed by atoms with Crippen molar-refractivity contribution >= 4 is 51.7 Å². The Balaban J connectivity index is 1.63. The largest absolute Gasteiger partial charge is 0.351 e. The monoisotopic (exact) mass is 389 g/mol. The number of hydrogen-bond donors (Lipinski definition) is 3. The SMILES string of the molecule is Clc1ccc(Nc2ncnc3cnc(NC4CCNCC4)nc23)cc1Cl. The van der Waals surface area contributed by atoms with Crippen LogP contribution in [0.3, 0.4) is 0 Å². The van der Waals surface area contributed by atoms with Gasteiger partial charge < -0.3 is 16.0 Å². The number of nitrogens with one attached hydrogen (secondary N) is 3. The molecule has 0 atom stereocenters. The Morgan fingerprint density at radius 3 is 2.69 bits per heavy atom. The third-order valence-electron chi connectivity index (χ3n) is 4.23. The highest BCUT2D eigenvalue weighted by Crippen LogP contribution is 2.28. The third kappa shape index (κ3) is 3.80. The Morgan fingerprint density at radius 2 is 1.88 bits per heavy atom. The van der Waals surface area contributed by atoms with E-state index >= 15 is 0 Å². The number of rotatable bonds is 4. The van der Waals surface area contributed by atoms with E-state index in [1.807, 2.05) is 6.07 Å². The summed E-state index contributed by atoms with van der Waals surface area (Å²) < 4.78 is 0. The Labute approximate surface area is 160 Å². The van der Waals surface area contributed by atoms with E-state index in [9.17, 15) is 0 Å². The molecule has 0 unspecified atom stereocenters. The number of hydrogen-bond acceptors (Lipinski definition) is 7. The van der Waals surface area contributed by atoms with Gasteiger partial charge in [-0.1, -0.05) is 23.2 Å². The first kappa shape index (κ1) is 17.2. The molecule has 0 bridgehead atoms. The molecule has 26 heavy (non-hydrogen) atoms. The van der Waals surface area contributed by atoms with Gasteiger partial charge in [0.1, 0.15) is 17.4 Å². The second kappa shape index (κ2) is 7.57.